The molecule has 28 heavy (non-hydrogen) atoms. The van der Waals surface area contributed by atoms with E-state index in [1.165, 1.54) is 5.56 Å². The normalized spacial score (nSPS) is 10.8. The summed E-state index contributed by atoms with van der Waals surface area (Å²) in [6.07, 6.45) is 0. The summed E-state index contributed by atoms with van der Waals surface area (Å²) in [6.45, 7) is 2.49. The highest BCUT2D eigenvalue weighted by atomic mass is 16.5. The van der Waals surface area contributed by atoms with Gasteiger partial charge in [0, 0.05) is 5.56 Å². The average molecular weight is 374 g/mol. The quantitative estimate of drug-likeness (QED) is 0.508. The zero-order valence-corrected chi connectivity index (χ0v) is 16.2. The van der Waals surface area contributed by atoms with E-state index in [0.717, 1.165) is 28.0 Å². The first-order valence-corrected chi connectivity index (χ1v) is 9.07. The van der Waals surface area contributed by atoms with Gasteiger partial charge in [-0.3, -0.25) is 0 Å². The smallest absolute Gasteiger partial charge is 0.203 e. The molecule has 0 unspecified atom stereocenters. The van der Waals surface area contributed by atoms with Gasteiger partial charge in [-0.2, -0.15) is 0 Å². The number of methoxy groups -OCH3 is 2. The zero-order valence-electron chi connectivity index (χ0n) is 16.2. The van der Waals surface area contributed by atoms with Crippen molar-refractivity contribution < 1.29 is 14.2 Å². The van der Waals surface area contributed by atoms with Crippen molar-refractivity contribution in [3.05, 3.63) is 71.8 Å². The second kappa shape index (κ2) is 7.64. The van der Waals surface area contributed by atoms with Gasteiger partial charge in [-0.25, -0.2) is 4.98 Å². The SMILES string of the molecule is COc1cc(-c2nc3ccc(C)cc3[nH]2)cc(OC)c1OCc1ccccc1. The Hall–Kier alpha value is -3.47. The molecule has 0 bridgehead atoms. The minimum absolute atomic E-state index is 0.427. The van der Waals surface area contributed by atoms with Crippen LogP contribution < -0.4 is 14.2 Å². The maximum atomic E-state index is 6.02. The van der Waals surface area contributed by atoms with Gasteiger partial charge in [-0.1, -0.05) is 36.4 Å². The van der Waals surface area contributed by atoms with Gasteiger partial charge in [0.05, 0.1) is 25.3 Å². The number of nitrogens with zero attached hydrogens (tertiary/aromatic N) is 1. The lowest BCUT2D eigenvalue weighted by atomic mass is 10.1. The summed E-state index contributed by atoms with van der Waals surface area (Å²) in [6, 6.07) is 19.9. The number of benzene rings is 3. The number of rotatable bonds is 6. The number of aryl methyl sites for hydroxylation is 1. The Bertz CT molecular complexity index is 1080. The number of nitrogens with one attached hydrogen (secondary N) is 1. The molecule has 0 fully saturated rings. The fraction of sp³-hybridized carbons (Fsp3) is 0.174. The fourth-order valence-corrected chi connectivity index (χ4v) is 3.15. The van der Waals surface area contributed by atoms with E-state index >= 15 is 0 Å². The summed E-state index contributed by atoms with van der Waals surface area (Å²) in [5, 5.41) is 0. The minimum Gasteiger partial charge on any atom is -0.493 e. The largest absolute Gasteiger partial charge is 0.493 e. The predicted octanol–water partition coefficient (Wildman–Crippen LogP) is 5.13. The first-order valence-electron chi connectivity index (χ1n) is 9.07. The number of hydrogen-bond acceptors (Lipinski definition) is 4. The van der Waals surface area contributed by atoms with Crippen LogP contribution in [0.3, 0.4) is 0 Å². The van der Waals surface area contributed by atoms with Gasteiger partial charge in [0.15, 0.2) is 11.5 Å². The molecule has 0 atom stereocenters. The van der Waals surface area contributed by atoms with E-state index in [2.05, 4.69) is 24.0 Å². The highest BCUT2D eigenvalue weighted by molar-refractivity contribution is 5.81. The molecule has 0 saturated heterocycles. The van der Waals surface area contributed by atoms with Crippen LogP contribution in [0, 0.1) is 6.92 Å². The minimum atomic E-state index is 0.427. The molecule has 5 nitrogen and oxygen atoms in total. The molecule has 3 aromatic carbocycles. The van der Waals surface area contributed by atoms with Gasteiger partial charge in [-0.05, 0) is 42.3 Å². The Morgan fingerprint density at radius 1 is 0.893 bits per heavy atom. The van der Waals surface area contributed by atoms with E-state index in [1.54, 1.807) is 14.2 Å². The molecule has 4 aromatic rings. The summed E-state index contributed by atoms with van der Waals surface area (Å²) in [5.74, 6) is 2.53. The van der Waals surface area contributed by atoms with Gasteiger partial charge < -0.3 is 19.2 Å². The van der Waals surface area contributed by atoms with Crippen molar-refractivity contribution in [1.82, 2.24) is 9.97 Å². The third-order valence-electron chi connectivity index (χ3n) is 4.60. The summed E-state index contributed by atoms with van der Waals surface area (Å²) >= 11 is 0. The topological polar surface area (TPSA) is 56.4 Å². The molecule has 0 saturated carbocycles. The van der Waals surface area contributed by atoms with Crippen LogP contribution in [0.4, 0.5) is 0 Å². The third kappa shape index (κ3) is 3.51. The molecule has 0 aliphatic heterocycles. The molecular formula is C23H22N2O3. The van der Waals surface area contributed by atoms with Crippen molar-refractivity contribution in [2.24, 2.45) is 0 Å². The van der Waals surface area contributed by atoms with Crippen LogP contribution >= 0.6 is 0 Å². The van der Waals surface area contributed by atoms with Crippen molar-refractivity contribution >= 4 is 11.0 Å². The molecule has 0 aliphatic carbocycles. The van der Waals surface area contributed by atoms with E-state index in [9.17, 15) is 0 Å². The third-order valence-corrected chi connectivity index (χ3v) is 4.60. The Morgan fingerprint density at radius 3 is 2.29 bits per heavy atom. The molecule has 142 valence electrons. The molecule has 0 aliphatic rings. The average Bonchev–Trinajstić information content (AvgIpc) is 3.15. The monoisotopic (exact) mass is 374 g/mol. The van der Waals surface area contributed by atoms with Crippen molar-refractivity contribution in [3.8, 4) is 28.6 Å². The van der Waals surface area contributed by atoms with E-state index in [0.29, 0.717) is 23.9 Å². The molecule has 0 spiro atoms. The number of hydrogen-bond donors (Lipinski definition) is 1. The Kier molecular flexibility index (Phi) is 4.89. The van der Waals surface area contributed by atoms with Crippen molar-refractivity contribution in [2.45, 2.75) is 13.5 Å². The summed E-state index contributed by atoms with van der Waals surface area (Å²) in [7, 11) is 3.24. The number of fused-ring (bicyclic) bond motifs is 1. The van der Waals surface area contributed by atoms with Gasteiger partial charge in [-0.15, -0.1) is 0 Å². The van der Waals surface area contributed by atoms with E-state index in [1.807, 2.05) is 48.5 Å². The molecule has 4 rings (SSSR count). The highest BCUT2D eigenvalue weighted by Crippen LogP contribution is 2.41. The fourth-order valence-electron chi connectivity index (χ4n) is 3.15. The number of aromatic nitrogens is 2. The molecule has 1 N–H and O–H groups in total. The van der Waals surface area contributed by atoms with E-state index in [4.69, 9.17) is 19.2 Å². The van der Waals surface area contributed by atoms with E-state index in [-0.39, 0.29) is 0 Å². The van der Waals surface area contributed by atoms with Crippen LogP contribution in [-0.4, -0.2) is 24.2 Å². The Labute approximate surface area is 163 Å². The number of imidazole rings is 1. The van der Waals surface area contributed by atoms with Gasteiger partial charge in [0.1, 0.15) is 12.4 Å². The highest BCUT2D eigenvalue weighted by Gasteiger charge is 2.17. The summed E-state index contributed by atoms with van der Waals surface area (Å²) < 4.78 is 17.2. The lowest BCUT2D eigenvalue weighted by Gasteiger charge is -2.15. The van der Waals surface area contributed by atoms with Crippen LogP contribution in [0.5, 0.6) is 17.2 Å². The molecule has 0 radical (unpaired) electrons. The van der Waals surface area contributed by atoms with Gasteiger partial charge >= 0.3 is 0 Å². The molecule has 1 heterocycles. The van der Waals surface area contributed by atoms with Crippen molar-refractivity contribution in [2.75, 3.05) is 14.2 Å². The summed E-state index contributed by atoms with van der Waals surface area (Å²) in [5.41, 5.74) is 5.04. The van der Waals surface area contributed by atoms with Gasteiger partial charge in [0.25, 0.3) is 0 Å². The van der Waals surface area contributed by atoms with Crippen molar-refractivity contribution in [1.29, 1.82) is 0 Å². The predicted molar refractivity (Wildman–Crippen MR) is 110 cm³/mol. The van der Waals surface area contributed by atoms with Crippen LogP contribution in [0.25, 0.3) is 22.4 Å². The molecule has 5 heteroatoms. The molecule has 0 amide bonds. The first-order chi connectivity index (χ1) is 13.7. The van der Waals surface area contributed by atoms with Gasteiger partial charge in [0.2, 0.25) is 5.75 Å². The maximum absolute atomic E-state index is 6.02. The van der Waals surface area contributed by atoms with Crippen molar-refractivity contribution in [3.63, 3.8) is 0 Å². The number of aromatic amines is 1. The van der Waals surface area contributed by atoms with Crippen LogP contribution in [0.1, 0.15) is 11.1 Å². The number of ether oxygens (including phenoxy) is 3. The second-order valence-electron chi connectivity index (χ2n) is 6.59. The molecular weight excluding hydrogens is 352 g/mol. The van der Waals surface area contributed by atoms with Crippen LogP contribution in [0.15, 0.2) is 60.7 Å². The van der Waals surface area contributed by atoms with Crippen LogP contribution in [-0.2, 0) is 6.61 Å². The Morgan fingerprint density at radius 2 is 1.61 bits per heavy atom. The summed E-state index contributed by atoms with van der Waals surface area (Å²) in [4.78, 5) is 8.06. The lowest BCUT2D eigenvalue weighted by molar-refractivity contribution is 0.266. The molecule has 1 aromatic heterocycles. The first kappa shape index (κ1) is 17.9. The van der Waals surface area contributed by atoms with Crippen LogP contribution in [0.2, 0.25) is 0 Å². The second-order valence-corrected chi connectivity index (χ2v) is 6.59. The number of H-pyrrole nitrogens is 1. The zero-order chi connectivity index (χ0) is 19.5. The standard InChI is InChI=1S/C23H22N2O3/c1-15-9-10-18-19(11-15)25-23(24-18)17-12-20(26-2)22(21(13-17)27-3)28-14-16-7-5-4-6-8-16/h4-13H,14H2,1-3H3,(H,24,25). The Balaban J connectivity index is 1.71. The lowest BCUT2D eigenvalue weighted by Crippen LogP contribution is -2.00. The van der Waals surface area contributed by atoms with E-state index < -0.39 is 0 Å². The maximum Gasteiger partial charge on any atom is 0.203 e.